The van der Waals surface area contributed by atoms with Crippen molar-refractivity contribution in [3.05, 3.63) is 72.3 Å². The van der Waals surface area contributed by atoms with Gasteiger partial charge in [-0.2, -0.15) is 0 Å². The van der Waals surface area contributed by atoms with E-state index >= 15 is 0 Å². The Morgan fingerprint density at radius 1 is 0.897 bits per heavy atom. The number of nitrogens with one attached hydrogen (secondary N) is 2. The molecule has 1 amide bonds. The van der Waals surface area contributed by atoms with Gasteiger partial charge in [0.15, 0.2) is 5.11 Å². The van der Waals surface area contributed by atoms with Gasteiger partial charge in [0.2, 0.25) is 0 Å². The highest BCUT2D eigenvalue weighted by Gasteiger charge is 2.13. The van der Waals surface area contributed by atoms with Crippen LogP contribution in [0.1, 0.15) is 10.4 Å². The van der Waals surface area contributed by atoms with Crippen LogP contribution in [0.5, 0.6) is 17.2 Å². The third-order valence-corrected chi connectivity index (χ3v) is 4.40. The average molecular weight is 408 g/mol. The first-order valence-electron chi connectivity index (χ1n) is 8.74. The summed E-state index contributed by atoms with van der Waals surface area (Å²) in [5, 5.41) is 15.7. The van der Waals surface area contributed by atoms with E-state index in [0.717, 1.165) is 11.1 Å². The molecule has 0 radical (unpaired) electrons. The minimum atomic E-state index is -0.432. The second kappa shape index (κ2) is 9.07. The van der Waals surface area contributed by atoms with E-state index in [1.807, 2.05) is 30.3 Å². The molecule has 0 saturated heterocycles. The lowest BCUT2D eigenvalue weighted by Crippen LogP contribution is -2.34. The lowest BCUT2D eigenvalue weighted by atomic mass is 10.0. The summed E-state index contributed by atoms with van der Waals surface area (Å²) >= 11 is 5.24. The smallest absolute Gasteiger partial charge is 0.257 e. The lowest BCUT2D eigenvalue weighted by Gasteiger charge is -2.13. The average Bonchev–Trinajstić information content (AvgIpc) is 2.75. The molecule has 0 aromatic heterocycles. The standard InChI is InChI=1S/C22H20N2O4S/c1-27-17-10-16(11-18(13-17)28-2)21(26)24-22(29)23-19-12-15(8-9-20(19)25)14-6-4-3-5-7-14/h3-13,25H,1-2H3,(H2,23,24,26,29). The van der Waals surface area contributed by atoms with E-state index in [9.17, 15) is 9.90 Å². The monoisotopic (exact) mass is 408 g/mol. The van der Waals surface area contributed by atoms with Crippen molar-refractivity contribution in [2.45, 2.75) is 0 Å². The highest BCUT2D eigenvalue weighted by molar-refractivity contribution is 7.80. The molecule has 0 spiro atoms. The zero-order valence-electron chi connectivity index (χ0n) is 15.9. The van der Waals surface area contributed by atoms with Gasteiger partial charge in [-0.3, -0.25) is 10.1 Å². The fraction of sp³-hybridized carbons (Fsp3) is 0.0909. The number of phenols is 1. The zero-order chi connectivity index (χ0) is 20.8. The molecule has 0 saturated carbocycles. The predicted octanol–water partition coefficient (Wildman–Crippen LogP) is 4.20. The van der Waals surface area contributed by atoms with Crippen LogP contribution >= 0.6 is 12.2 Å². The minimum Gasteiger partial charge on any atom is -0.506 e. The van der Waals surface area contributed by atoms with Gasteiger partial charge < -0.3 is 19.9 Å². The van der Waals surface area contributed by atoms with Gasteiger partial charge in [0.25, 0.3) is 5.91 Å². The Balaban J connectivity index is 1.75. The highest BCUT2D eigenvalue weighted by Crippen LogP contribution is 2.29. The third kappa shape index (κ3) is 5.03. The van der Waals surface area contributed by atoms with Crippen molar-refractivity contribution in [3.63, 3.8) is 0 Å². The first-order chi connectivity index (χ1) is 14.0. The van der Waals surface area contributed by atoms with Crippen LogP contribution in [0.25, 0.3) is 11.1 Å². The molecule has 0 bridgehead atoms. The second-order valence-electron chi connectivity index (χ2n) is 6.11. The number of thiocarbonyl (C=S) groups is 1. The number of rotatable bonds is 5. The predicted molar refractivity (Wildman–Crippen MR) is 117 cm³/mol. The number of amides is 1. The number of carbonyl (C=O) groups excluding carboxylic acids is 1. The molecule has 3 rings (SSSR count). The summed E-state index contributed by atoms with van der Waals surface area (Å²) in [6.07, 6.45) is 0. The number of carbonyl (C=O) groups is 1. The Kier molecular flexibility index (Phi) is 6.31. The SMILES string of the molecule is COc1cc(OC)cc(C(=O)NC(=S)Nc2cc(-c3ccccc3)ccc2O)c1. The molecular formula is C22H20N2O4S. The van der Waals surface area contributed by atoms with Crippen LogP contribution in [0.3, 0.4) is 0 Å². The van der Waals surface area contributed by atoms with Crippen molar-refractivity contribution in [2.75, 3.05) is 19.5 Å². The van der Waals surface area contributed by atoms with Crippen molar-refractivity contribution in [1.82, 2.24) is 5.32 Å². The van der Waals surface area contributed by atoms with Gasteiger partial charge in [-0.05, 0) is 47.6 Å². The Labute approximate surface area is 174 Å². The molecule has 0 fully saturated rings. The minimum absolute atomic E-state index is 0.0179. The molecule has 3 aromatic carbocycles. The Morgan fingerprint density at radius 2 is 1.55 bits per heavy atom. The van der Waals surface area contributed by atoms with Crippen LogP contribution in [-0.4, -0.2) is 30.3 Å². The highest BCUT2D eigenvalue weighted by atomic mass is 32.1. The quantitative estimate of drug-likeness (QED) is 0.434. The number of hydrogen-bond acceptors (Lipinski definition) is 5. The van der Waals surface area contributed by atoms with Crippen molar-refractivity contribution >= 4 is 28.9 Å². The molecule has 0 aliphatic carbocycles. The van der Waals surface area contributed by atoms with Gasteiger partial charge in [-0.15, -0.1) is 0 Å². The summed E-state index contributed by atoms with van der Waals surface area (Å²) < 4.78 is 10.4. The van der Waals surface area contributed by atoms with E-state index in [1.165, 1.54) is 14.2 Å². The molecule has 0 heterocycles. The van der Waals surface area contributed by atoms with Crippen LogP contribution in [0, 0.1) is 0 Å². The van der Waals surface area contributed by atoms with E-state index in [2.05, 4.69) is 10.6 Å². The number of anilines is 1. The number of ether oxygens (including phenoxy) is 2. The Bertz CT molecular complexity index is 1020. The molecule has 0 atom stereocenters. The third-order valence-electron chi connectivity index (χ3n) is 4.19. The normalized spacial score (nSPS) is 10.1. The number of phenolic OH excluding ortho intramolecular Hbond substituents is 1. The van der Waals surface area contributed by atoms with Crippen LogP contribution in [0.15, 0.2) is 66.7 Å². The summed E-state index contributed by atoms with van der Waals surface area (Å²) in [6, 6.07) is 19.7. The maximum absolute atomic E-state index is 12.5. The number of methoxy groups -OCH3 is 2. The molecule has 0 unspecified atom stereocenters. The number of benzene rings is 3. The van der Waals surface area contributed by atoms with Crippen molar-refractivity contribution in [1.29, 1.82) is 0 Å². The summed E-state index contributed by atoms with van der Waals surface area (Å²) in [7, 11) is 3.01. The molecular weight excluding hydrogens is 388 g/mol. The summed E-state index contributed by atoms with van der Waals surface area (Å²) in [6.45, 7) is 0. The Morgan fingerprint density at radius 3 is 2.17 bits per heavy atom. The van der Waals surface area contributed by atoms with E-state index in [4.69, 9.17) is 21.7 Å². The van der Waals surface area contributed by atoms with Gasteiger partial charge in [0.1, 0.15) is 17.2 Å². The fourth-order valence-corrected chi connectivity index (χ4v) is 2.92. The van der Waals surface area contributed by atoms with Crippen molar-refractivity contribution in [3.8, 4) is 28.4 Å². The van der Waals surface area contributed by atoms with Gasteiger partial charge in [0.05, 0.1) is 19.9 Å². The number of aromatic hydroxyl groups is 1. The van der Waals surface area contributed by atoms with E-state index in [1.54, 1.807) is 36.4 Å². The topological polar surface area (TPSA) is 79.8 Å². The van der Waals surface area contributed by atoms with E-state index in [0.29, 0.717) is 22.7 Å². The van der Waals surface area contributed by atoms with Gasteiger partial charge in [-0.1, -0.05) is 36.4 Å². The fourth-order valence-electron chi connectivity index (χ4n) is 2.71. The Hall–Kier alpha value is -3.58. The van der Waals surface area contributed by atoms with E-state index < -0.39 is 5.91 Å². The van der Waals surface area contributed by atoms with Crippen LogP contribution in [0.2, 0.25) is 0 Å². The van der Waals surface area contributed by atoms with Crippen LogP contribution in [0.4, 0.5) is 5.69 Å². The van der Waals surface area contributed by atoms with Crippen LogP contribution < -0.4 is 20.1 Å². The van der Waals surface area contributed by atoms with Gasteiger partial charge >= 0.3 is 0 Å². The molecule has 29 heavy (non-hydrogen) atoms. The molecule has 0 aliphatic heterocycles. The lowest BCUT2D eigenvalue weighted by molar-refractivity contribution is 0.0977. The first-order valence-corrected chi connectivity index (χ1v) is 9.15. The number of hydrogen-bond donors (Lipinski definition) is 3. The van der Waals surface area contributed by atoms with Crippen molar-refractivity contribution in [2.24, 2.45) is 0 Å². The maximum atomic E-state index is 12.5. The molecule has 148 valence electrons. The van der Waals surface area contributed by atoms with Crippen LogP contribution in [-0.2, 0) is 0 Å². The summed E-state index contributed by atoms with van der Waals surface area (Å²) in [5.74, 6) is 0.561. The van der Waals surface area contributed by atoms with Crippen molar-refractivity contribution < 1.29 is 19.4 Å². The first kappa shape index (κ1) is 20.2. The molecule has 0 aliphatic rings. The van der Waals surface area contributed by atoms with E-state index in [-0.39, 0.29) is 10.9 Å². The molecule has 6 nitrogen and oxygen atoms in total. The zero-order valence-corrected chi connectivity index (χ0v) is 16.7. The molecule has 3 N–H and O–H groups in total. The summed E-state index contributed by atoms with van der Waals surface area (Å²) in [4.78, 5) is 12.5. The van der Waals surface area contributed by atoms with Gasteiger partial charge in [-0.25, -0.2) is 0 Å². The largest absolute Gasteiger partial charge is 0.506 e. The molecule has 3 aromatic rings. The maximum Gasteiger partial charge on any atom is 0.257 e. The second-order valence-corrected chi connectivity index (χ2v) is 6.52. The summed E-state index contributed by atoms with van der Waals surface area (Å²) in [5.41, 5.74) is 2.61. The van der Waals surface area contributed by atoms with Gasteiger partial charge in [0, 0.05) is 11.6 Å². The molecule has 7 heteroatoms.